The third-order valence-corrected chi connectivity index (χ3v) is 3.09. The summed E-state index contributed by atoms with van der Waals surface area (Å²) in [6.07, 6.45) is 4.94. The lowest BCUT2D eigenvalue weighted by Crippen LogP contribution is -2.20. The molecule has 0 bridgehead atoms. The van der Waals surface area contributed by atoms with Crippen LogP contribution in [0, 0.1) is 5.92 Å². The summed E-state index contributed by atoms with van der Waals surface area (Å²) in [5.41, 5.74) is 0. The van der Waals surface area contributed by atoms with Gasteiger partial charge in [0, 0.05) is 0 Å². The van der Waals surface area contributed by atoms with Crippen molar-refractivity contribution in [3.63, 3.8) is 0 Å². The molecule has 5 heteroatoms. The van der Waals surface area contributed by atoms with Crippen LogP contribution in [0.4, 0.5) is 0 Å². The number of carbonyl (C=O) groups is 2. The second-order valence-corrected chi connectivity index (χ2v) is 4.79. The molecular formula is C15H28O5. The van der Waals surface area contributed by atoms with Gasteiger partial charge >= 0.3 is 11.9 Å². The maximum absolute atomic E-state index is 11.4. The number of esters is 2. The Morgan fingerprint density at radius 2 is 1.50 bits per heavy atom. The summed E-state index contributed by atoms with van der Waals surface area (Å²) in [7, 11) is 0. The van der Waals surface area contributed by atoms with Crippen molar-refractivity contribution in [1.82, 2.24) is 0 Å². The quantitative estimate of drug-likeness (QED) is 0.408. The molecule has 0 fully saturated rings. The third kappa shape index (κ3) is 10.8. The molecule has 0 radical (unpaired) electrons. The van der Waals surface area contributed by atoms with E-state index in [1.165, 1.54) is 0 Å². The predicted molar refractivity (Wildman–Crippen MR) is 76.3 cm³/mol. The normalized spacial score (nSPS) is 10.6. The fraction of sp³-hybridized carbons (Fsp3) is 0.867. The van der Waals surface area contributed by atoms with E-state index >= 15 is 0 Å². The first-order chi connectivity index (χ1) is 9.63. The van der Waals surface area contributed by atoms with Gasteiger partial charge in [-0.3, -0.25) is 0 Å². The molecule has 0 amide bonds. The lowest BCUT2D eigenvalue weighted by Gasteiger charge is -2.12. The van der Waals surface area contributed by atoms with Crippen molar-refractivity contribution in [3.8, 4) is 0 Å². The van der Waals surface area contributed by atoms with E-state index in [0.717, 1.165) is 32.1 Å². The van der Waals surface area contributed by atoms with Crippen LogP contribution in [0.3, 0.4) is 0 Å². The van der Waals surface area contributed by atoms with Gasteiger partial charge in [-0.15, -0.1) is 0 Å². The summed E-state index contributed by atoms with van der Waals surface area (Å²) in [5.74, 6) is -0.480. The standard InChI is InChI=1S/C15H28O5/c1-4-7-8-9-19-14(16)11-18-12-15(17)20-10-13(5-2)6-3/h13H,4-12H2,1-3H3. The Hall–Kier alpha value is -1.10. The zero-order valence-corrected chi connectivity index (χ0v) is 13.0. The highest BCUT2D eigenvalue weighted by Gasteiger charge is 2.10. The Morgan fingerprint density at radius 3 is 2.05 bits per heavy atom. The minimum absolute atomic E-state index is 0.202. The second-order valence-electron chi connectivity index (χ2n) is 4.79. The number of carbonyl (C=O) groups excluding carboxylic acids is 2. The molecule has 0 aliphatic heterocycles. The van der Waals surface area contributed by atoms with Crippen molar-refractivity contribution < 1.29 is 23.8 Å². The van der Waals surface area contributed by atoms with Crippen LogP contribution < -0.4 is 0 Å². The predicted octanol–water partition coefficient (Wildman–Crippen LogP) is 2.72. The van der Waals surface area contributed by atoms with Gasteiger partial charge in [0.05, 0.1) is 13.2 Å². The highest BCUT2D eigenvalue weighted by molar-refractivity contribution is 5.73. The summed E-state index contributed by atoms with van der Waals surface area (Å²) >= 11 is 0. The van der Waals surface area contributed by atoms with E-state index in [2.05, 4.69) is 20.8 Å². The van der Waals surface area contributed by atoms with Crippen molar-refractivity contribution in [1.29, 1.82) is 0 Å². The van der Waals surface area contributed by atoms with Crippen LogP contribution in [0.2, 0.25) is 0 Å². The van der Waals surface area contributed by atoms with Crippen LogP contribution >= 0.6 is 0 Å². The van der Waals surface area contributed by atoms with Gasteiger partial charge in [0.15, 0.2) is 0 Å². The van der Waals surface area contributed by atoms with Gasteiger partial charge in [0.25, 0.3) is 0 Å². The lowest BCUT2D eigenvalue weighted by atomic mass is 10.1. The fourth-order valence-corrected chi connectivity index (χ4v) is 1.57. The average Bonchev–Trinajstić information content (AvgIpc) is 2.44. The zero-order valence-electron chi connectivity index (χ0n) is 13.0. The largest absolute Gasteiger partial charge is 0.464 e. The minimum Gasteiger partial charge on any atom is -0.464 e. The summed E-state index contributed by atoms with van der Waals surface area (Å²) in [5, 5.41) is 0. The van der Waals surface area contributed by atoms with E-state index in [4.69, 9.17) is 14.2 Å². The molecule has 0 unspecified atom stereocenters. The van der Waals surface area contributed by atoms with Crippen LogP contribution in [0.1, 0.15) is 52.9 Å². The number of hydrogen-bond donors (Lipinski definition) is 0. The van der Waals surface area contributed by atoms with Crippen molar-refractivity contribution >= 4 is 11.9 Å². The first-order valence-corrected chi connectivity index (χ1v) is 7.52. The SMILES string of the molecule is CCCCCOC(=O)COCC(=O)OCC(CC)CC. The molecule has 0 aliphatic rings. The van der Waals surface area contributed by atoms with Gasteiger partial charge in [-0.05, 0) is 12.3 Å². The highest BCUT2D eigenvalue weighted by atomic mass is 16.6. The van der Waals surface area contributed by atoms with Crippen molar-refractivity contribution in [2.24, 2.45) is 5.92 Å². The van der Waals surface area contributed by atoms with Gasteiger partial charge in [-0.1, -0.05) is 46.5 Å². The molecule has 0 aromatic rings. The van der Waals surface area contributed by atoms with E-state index in [1.54, 1.807) is 0 Å². The summed E-state index contributed by atoms with van der Waals surface area (Å²) in [4.78, 5) is 22.6. The first-order valence-electron chi connectivity index (χ1n) is 7.52. The molecule has 0 saturated carbocycles. The van der Waals surface area contributed by atoms with Crippen molar-refractivity contribution in [2.45, 2.75) is 52.9 Å². The molecule has 0 rings (SSSR count). The molecule has 0 aromatic heterocycles. The molecule has 20 heavy (non-hydrogen) atoms. The lowest BCUT2D eigenvalue weighted by molar-refractivity contribution is -0.156. The van der Waals surface area contributed by atoms with E-state index in [-0.39, 0.29) is 13.2 Å². The Labute approximate surface area is 122 Å². The maximum atomic E-state index is 11.4. The average molecular weight is 288 g/mol. The molecule has 5 nitrogen and oxygen atoms in total. The third-order valence-electron chi connectivity index (χ3n) is 3.09. The zero-order chi connectivity index (χ0) is 15.2. The molecule has 0 atom stereocenters. The Morgan fingerprint density at radius 1 is 0.900 bits per heavy atom. The molecule has 118 valence electrons. The molecular weight excluding hydrogens is 260 g/mol. The van der Waals surface area contributed by atoms with Gasteiger partial charge in [0.2, 0.25) is 0 Å². The minimum atomic E-state index is -0.436. The topological polar surface area (TPSA) is 61.8 Å². The van der Waals surface area contributed by atoms with Gasteiger partial charge in [0.1, 0.15) is 13.2 Å². The highest BCUT2D eigenvalue weighted by Crippen LogP contribution is 2.07. The number of ether oxygens (including phenoxy) is 3. The molecule has 0 N–H and O–H groups in total. The molecule has 0 saturated heterocycles. The Kier molecular flexibility index (Phi) is 12.2. The van der Waals surface area contributed by atoms with Crippen molar-refractivity contribution in [3.05, 3.63) is 0 Å². The summed E-state index contributed by atoms with van der Waals surface area (Å²) < 4.78 is 15.0. The molecule has 0 heterocycles. The Bertz CT molecular complexity index is 261. The number of hydrogen-bond acceptors (Lipinski definition) is 5. The summed E-state index contributed by atoms with van der Waals surface area (Å²) in [6.45, 7) is 6.63. The van der Waals surface area contributed by atoms with Crippen LogP contribution in [0.25, 0.3) is 0 Å². The monoisotopic (exact) mass is 288 g/mol. The van der Waals surface area contributed by atoms with Crippen LogP contribution in [-0.2, 0) is 23.8 Å². The van der Waals surface area contributed by atoms with Gasteiger partial charge < -0.3 is 14.2 Å². The van der Waals surface area contributed by atoms with Crippen LogP contribution in [0.15, 0.2) is 0 Å². The Balaban J connectivity index is 3.53. The van der Waals surface area contributed by atoms with Crippen LogP contribution in [-0.4, -0.2) is 38.4 Å². The summed E-state index contributed by atoms with van der Waals surface area (Å²) in [6, 6.07) is 0. The maximum Gasteiger partial charge on any atom is 0.332 e. The number of unbranched alkanes of at least 4 members (excludes halogenated alkanes) is 2. The van der Waals surface area contributed by atoms with E-state index in [9.17, 15) is 9.59 Å². The van der Waals surface area contributed by atoms with Crippen LogP contribution in [0.5, 0.6) is 0 Å². The molecule has 0 aliphatic carbocycles. The fourth-order valence-electron chi connectivity index (χ4n) is 1.57. The molecule has 0 spiro atoms. The molecule has 0 aromatic carbocycles. The van der Waals surface area contributed by atoms with E-state index < -0.39 is 11.9 Å². The smallest absolute Gasteiger partial charge is 0.332 e. The number of rotatable bonds is 12. The second kappa shape index (κ2) is 12.9. The van der Waals surface area contributed by atoms with E-state index in [0.29, 0.717) is 19.1 Å². The first kappa shape index (κ1) is 18.9. The van der Waals surface area contributed by atoms with Gasteiger partial charge in [-0.2, -0.15) is 0 Å². The van der Waals surface area contributed by atoms with Gasteiger partial charge in [-0.25, -0.2) is 9.59 Å². The van der Waals surface area contributed by atoms with E-state index in [1.807, 2.05) is 0 Å². The van der Waals surface area contributed by atoms with Crippen molar-refractivity contribution in [2.75, 3.05) is 26.4 Å².